The van der Waals surface area contributed by atoms with Crippen molar-refractivity contribution in [3.63, 3.8) is 0 Å². The van der Waals surface area contributed by atoms with E-state index in [1.807, 2.05) is 10.8 Å². The van der Waals surface area contributed by atoms with Crippen molar-refractivity contribution < 1.29 is 4.74 Å². The van der Waals surface area contributed by atoms with E-state index in [2.05, 4.69) is 4.98 Å². The number of aromatic nitrogens is 2. The van der Waals surface area contributed by atoms with E-state index in [-0.39, 0.29) is 5.60 Å². The van der Waals surface area contributed by atoms with Gasteiger partial charge in [0.15, 0.2) is 5.95 Å². The smallest absolute Gasteiger partial charge is 0.200 e. The number of nitrogen functional groups attached to an aromatic ring is 1. The number of ether oxygens (including phenoxy) is 1. The maximum Gasteiger partial charge on any atom is 0.200 e. The van der Waals surface area contributed by atoms with E-state index in [4.69, 9.17) is 10.5 Å². The van der Waals surface area contributed by atoms with Gasteiger partial charge in [-0.25, -0.2) is 4.98 Å². The lowest BCUT2D eigenvalue weighted by molar-refractivity contribution is -0.0944. The van der Waals surface area contributed by atoms with Gasteiger partial charge in [0, 0.05) is 12.4 Å². The van der Waals surface area contributed by atoms with Crippen LogP contribution in [0.4, 0.5) is 5.95 Å². The van der Waals surface area contributed by atoms with Gasteiger partial charge in [0.05, 0.1) is 18.2 Å². The third-order valence-electron chi connectivity index (χ3n) is 3.75. The molecule has 1 aromatic rings. The highest BCUT2D eigenvalue weighted by molar-refractivity contribution is 5.16. The first-order valence-corrected chi connectivity index (χ1v) is 5.72. The quantitative estimate of drug-likeness (QED) is 0.800. The average Bonchev–Trinajstić information content (AvgIpc) is 2.74. The Kier molecular flexibility index (Phi) is 1.99. The highest BCUT2D eigenvalue weighted by atomic mass is 16.5. The summed E-state index contributed by atoms with van der Waals surface area (Å²) in [5.74, 6) is 0.591. The molecule has 1 saturated heterocycles. The summed E-state index contributed by atoms with van der Waals surface area (Å²) in [5, 5.41) is 0. The highest BCUT2D eigenvalue weighted by Gasteiger charge is 2.44. The molecule has 1 saturated carbocycles. The second-order valence-electron chi connectivity index (χ2n) is 4.75. The van der Waals surface area contributed by atoms with Crippen molar-refractivity contribution in [3.05, 3.63) is 12.4 Å². The van der Waals surface area contributed by atoms with Crippen LogP contribution in [0.3, 0.4) is 0 Å². The van der Waals surface area contributed by atoms with Crippen LogP contribution in [-0.2, 0) is 11.3 Å². The van der Waals surface area contributed by atoms with Gasteiger partial charge in [-0.05, 0) is 32.1 Å². The minimum Gasteiger partial charge on any atom is -0.370 e. The molecule has 1 aliphatic carbocycles. The predicted octanol–water partition coefficient (Wildman–Crippen LogP) is 1.57. The van der Waals surface area contributed by atoms with Crippen LogP contribution >= 0.6 is 0 Å². The summed E-state index contributed by atoms with van der Waals surface area (Å²) in [4.78, 5) is 4.01. The minimum atomic E-state index is 0.250. The second kappa shape index (κ2) is 3.23. The van der Waals surface area contributed by atoms with Gasteiger partial charge in [0.1, 0.15) is 0 Å². The lowest BCUT2D eigenvalue weighted by atomic mass is 9.78. The maximum atomic E-state index is 6.11. The summed E-state index contributed by atoms with van der Waals surface area (Å²) >= 11 is 0. The predicted molar refractivity (Wildman–Crippen MR) is 57.3 cm³/mol. The molecule has 0 bridgehead atoms. The van der Waals surface area contributed by atoms with Gasteiger partial charge < -0.3 is 15.0 Å². The normalized spacial score (nSPS) is 28.1. The van der Waals surface area contributed by atoms with Crippen LogP contribution in [0.2, 0.25) is 0 Å². The fourth-order valence-electron chi connectivity index (χ4n) is 2.68. The lowest BCUT2D eigenvalue weighted by Gasteiger charge is -2.38. The van der Waals surface area contributed by atoms with Crippen molar-refractivity contribution in [2.45, 2.75) is 50.4 Å². The summed E-state index contributed by atoms with van der Waals surface area (Å²) in [6, 6.07) is 0. The van der Waals surface area contributed by atoms with Crippen LogP contribution in [0, 0.1) is 0 Å². The molecule has 0 radical (unpaired) electrons. The molecule has 1 atom stereocenters. The fraction of sp³-hybridized carbons (Fsp3) is 0.727. The number of nitrogens with two attached hydrogens (primary N) is 1. The molecular formula is C11H17N3O. The van der Waals surface area contributed by atoms with Crippen LogP contribution < -0.4 is 5.73 Å². The van der Waals surface area contributed by atoms with Crippen molar-refractivity contribution in [2.75, 3.05) is 5.73 Å². The zero-order chi connectivity index (χ0) is 10.3. The molecule has 2 heterocycles. The van der Waals surface area contributed by atoms with Crippen molar-refractivity contribution >= 4 is 5.95 Å². The first-order valence-electron chi connectivity index (χ1n) is 5.72. The molecule has 1 aliphatic heterocycles. The Morgan fingerprint density at radius 3 is 2.93 bits per heavy atom. The van der Waals surface area contributed by atoms with Crippen LogP contribution in [0.1, 0.15) is 32.1 Å². The van der Waals surface area contributed by atoms with Gasteiger partial charge in [-0.2, -0.15) is 0 Å². The van der Waals surface area contributed by atoms with E-state index < -0.39 is 0 Å². The van der Waals surface area contributed by atoms with Gasteiger partial charge >= 0.3 is 0 Å². The monoisotopic (exact) mass is 207 g/mol. The molecule has 1 unspecified atom stereocenters. The van der Waals surface area contributed by atoms with E-state index in [0.29, 0.717) is 12.1 Å². The Hall–Kier alpha value is -1.03. The van der Waals surface area contributed by atoms with Gasteiger partial charge in [0.25, 0.3) is 0 Å². The van der Waals surface area contributed by atoms with Gasteiger partial charge in [-0.1, -0.05) is 0 Å². The second-order valence-corrected chi connectivity index (χ2v) is 4.75. The number of imidazole rings is 1. The Morgan fingerprint density at radius 1 is 1.53 bits per heavy atom. The van der Waals surface area contributed by atoms with Gasteiger partial charge in [0.2, 0.25) is 0 Å². The first kappa shape index (κ1) is 9.21. The van der Waals surface area contributed by atoms with Gasteiger partial charge in [-0.3, -0.25) is 0 Å². The highest BCUT2D eigenvalue weighted by Crippen LogP contribution is 2.45. The Morgan fingerprint density at radius 2 is 2.40 bits per heavy atom. The molecule has 4 heteroatoms. The number of hydrogen-bond acceptors (Lipinski definition) is 3. The van der Waals surface area contributed by atoms with E-state index in [0.717, 1.165) is 13.0 Å². The summed E-state index contributed by atoms with van der Waals surface area (Å²) in [5.41, 5.74) is 5.98. The van der Waals surface area contributed by atoms with Crippen LogP contribution in [0.25, 0.3) is 0 Å². The molecule has 82 valence electrons. The zero-order valence-corrected chi connectivity index (χ0v) is 8.85. The standard InChI is InChI=1S/C11H17N3O/c12-10-13-6-7-14(10)8-9-2-5-11(15-9)3-1-4-11/h6-7,9H,1-5,8H2,(H2,12,13). The molecule has 0 aromatic carbocycles. The Bertz CT molecular complexity index is 356. The van der Waals surface area contributed by atoms with Crippen molar-refractivity contribution in [1.82, 2.24) is 9.55 Å². The van der Waals surface area contributed by atoms with Crippen LogP contribution in [0.15, 0.2) is 12.4 Å². The molecule has 4 nitrogen and oxygen atoms in total. The van der Waals surface area contributed by atoms with Crippen molar-refractivity contribution in [2.24, 2.45) is 0 Å². The summed E-state index contributed by atoms with van der Waals surface area (Å²) < 4.78 is 8.08. The number of rotatable bonds is 2. The van der Waals surface area contributed by atoms with Crippen molar-refractivity contribution in [3.8, 4) is 0 Å². The number of nitrogens with zero attached hydrogens (tertiary/aromatic N) is 2. The first-order chi connectivity index (χ1) is 7.27. The molecule has 1 aromatic heterocycles. The summed E-state index contributed by atoms with van der Waals surface area (Å²) in [6.45, 7) is 0.855. The lowest BCUT2D eigenvalue weighted by Crippen LogP contribution is -2.37. The molecule has 2 N–H and O–H groups in total. The minimum absolute atomic E-state index is 0.250. The Balaban J connectivity index is 1.63. The third kappa shape index (κ3) is 1.53. The summed E-state index contributed by atoms with van der Waals surface area (Å²) in [6.07, 6.45) is 10.2. The SMILES string of the molecule is Nc1nccn1CC1CCC2(CCC2)O1. The molecule has 3 rings (SSSR count). The topological polar surface area (TPSA) is 53.1 Å². The van der Waals surface area contributed by atoms with Gasteiger partial charge in [-0.15, -0.1) is 0 Å². The maximum absolute atomic E-state index is 6.11. The molecular weight excluding hydrogens is 190 g/mol. The largest absolute Gasteiger partial charge is 0.370 e. The summed E-state index contributed by atoms with van der Waals surface area (Å²) in [7, 11) is 0. The molecule has 15 heavy (non-hydrogen) atoms. The van der Waals surface area contributed by atoms with Crippen molar-refractivity contribution in [1.29, 1.82) is 0 Å². The Labute approximate surface area is 89.4 Å². The third-order valence-corrected chi connectivity index (χ3v) is 3.75. The average molecular weight is 207 g/mol. The molecule has 2 fully saturated rings. The molecule has 0 amide bonds. The van der Waals surface area contributed by atoms with Crippen LogP contribution in [0.5, 0.6) is 0 Å². The number of anilines is 1. The zero-order valence-electron chi connectivity index (χ0n) is 8.85. The van der Waals surface area contributed by atoms with E-state index >= 15 is 0 Å². The van der Waals surface area contributed by atoms with E-state index in [9.17, 15) is 0 Å². The fourth-order valence-corrected chi connectivity index (χ4v) is 2.68. The van der Waals surface area contributed by atoms with E-state index in [1.165, 1.54) is 25.7 Å². The van der Waals surface area contributed by atoms with Crippen LogP contribution in [-0.4, -0.2) is 21.3 Å². The number of hydrogen-bond donors (Lipinski definition) is 1. The van der Waals surface area contributed by atoms with E-state index in [1.54, 1.807) is 6.20 Å². The molecule has 1 spiro atoms. The molecule has 2 aliphatic rings.